The molecule has 6 heteroatoms. The van der Waals surface area contributed by atoms with Crippen molar-refractivity contribution >= 4 is 17.8 Å². The first-order chi connectivity index (χ1) is 12.6. The minimum Gasteiger partial charge on any atom is -0.348 e. The van der Waals surface area contributed by atoms with E-state index in [2.05, 4.69) is 31.4 Å². The van der Waals surface area contributed by atoms with Gasteiger partial charge in [0.05, 0.1) is 6.04 Å². The largest absolute Gasteiger partial charge is 0.348 e. The van der Waals surface area contributed by atoms with E-state index in [1.807, 2.05) is 37.3 Å². The second-order valence-electron chi connectivity index (χ2n) is 8.96. The monoisotopic (exact) mass is 371 g/mol. The van der Waals surface area contributed by atoms with Gasteiger partial charge in [0.25, 0.3) is 5.91 Å². The van der Waals surface area contributed by atoms with Gasteiger partial charge in [0, 0.05) is 0 Å². The van der Waals surface area contributed by atoms with Gasteiger partial charge in [-0.1, -0.05) is 51.1 Å². The molecular formula is C21H29N3O3. The Labute approximate surface area is 160 Å². The highest BCUT2D eigenvalue weighted by Gasteiger charge is 2.56. The van der Waals surface area contributed by atoms with Gasteiger partial charge in [-0.25, -0.2) is 4.79 Å². The molecule has 1 saturated carbocycles. The number of imide groups is 1. The molecule has 1 aliphatic carbocycles. The number of nitrogens with one attached hydrogen (secondary N) is 2. The molecule has 1 aromatic rings. The summed E-state index contributed by atoms with van der Waals surface area (Å²) in [6.45, 7) is 7.99. The van der Waals surface area contributed by atoms with Gasteiger partial charge in [-0.05, 0) is 43.1 Å². The standard InChI is InChI=1S/C21H29N3O3/c1-14-10-20(3,4)13-21(11-14)18(26)24(19(27)23-21)12-17(25)22-15(2)16-8-6-5-7-9-16/h5-9,14-15H,10-13H2,1-4H3,(H,22,25)(H,23,27)/t14-,15-,21-/m1/s1. The molecule has 4 amide bonds. The zero-order valence-electron chi connectivity index (χ0n) is 16.5. The van der Waals surface area contributed by atoms with Crippen LogP contribution in [0.2, 0.25) is 0 Å². The lowest BCUT2D eigenvalue weighted by Crippen LogP contribution is -2.54. The van der Waals surface area contributed by atoms with Crippen LogP contribution >= 0.6 is 0 Å². The van der Waals surface area contributed by atoms with Crippen molar-refractivity contribution in [3.63, 3.8) is 0 Å². The number of nitrogens with zero attached hydrogens (tertiary/aromatic N) is 1. The van der Waals surface area contributed by atoms with E-state index >= 15 is 0 Å². The summed E-state index contributed by atoms with van der Waals surface area (Å²) in [4.78, 5) is 39.1. The quantitative estimate of drug-likeness (QED) is 0.799. The van der Waals surface area contributed by atoms with Crippen LogP contribution in [0.4, 0.5) is 4.79 Å². The van der Waals surface area contributed by atoms with Crippen LogP contribution in [-0.2, 0) is 9.59 Å². The molecule has 0 radical (unpaired) electrons. The first-order valence-electron chi connectivity index (χ1n) is 9.60. The van der Waals surface area contributed by atoms with Crippen LogP contribution in [0, 0.1) is 11.3 Å². The topological polar surface area (TPSA) is 78.5 Å². The summed E-state index contributed by atoms with van der Waals surface area (Å²) < 4.78 is 0. The minimum atomic E-state index is -0.871. The molecule has 1 heterocycles. The number of carbonyl (C=O) groups is 3. The van der Waals surface area contributed by atoms with Crippen molar-refractivity contribution in [3.8, 4) is 0 Å². The van der Waals surface area contributed by atoms with Crippen LogP contribution < -0.4 is 10.6 Å². The van der Waals surface area contributed by atoms with Gasteiger partial charge in [0.1, 0.15) is 12.1 Å². The van der Waals surface area contributed by atoms with Gasteiger partial charge < -0.3 is 10.6 Å². The van der Waals surface area contributed by atoms with E-state index in [0.717, 1.165) is 16.9 Å². The molecule has 3 atom stereocenters. The molecule has 2 fully saturated rings. The van der Waals surface area contributed by atoms with E-state index in [9.17, 15) is 14.4 Å². The van der Waals surface area contributed by atoms with Crippen molar-refractivity contribution in [2.75, 3.05) is 6.54 Å². The van der Waals surface area contributed by atoms with Crippen LogP contribution in [0.25, 0.3) is 0 Å². The zero-order chi connectivity index (χ0) is 19.8. The average molecular weight is 371 g/mol. The van der Waals surface area contributed by atoms with Crippen LogP contribution in [0.1, 0.15) is 58.6 Å². The Morgan fingerprint density at radius 1 is 1.26 bits per heavy atom. The highest BCUT2D eigenvalue weighted by molar-refractivity contribution is 6.09. The smallest absolute Gasteiger partial charge is 0.325 e. The maximum atomic E-state index is 13.1. The summed E-state index contributed by atoms with van der Waals surface area (Å²) in [5, 5.41) is 5.77. The second kappa shape index (κ2) is 6.98. The molecule has 2 N–H and O–H groups in total. The van der Waals surface area contributed by atoms with Gasteiger partial charge in [0.2, 0.25) is 5.91 Å². The van der Waals surface area contributed by atoms with Gasteiger partial charge in [-0.15, -0.1) is 0 Å². The lowest BCUT2D eigenvalue weighted by Gasteiger charge is -2.43. The van der Waals surface area contributed by atoms with Crippen LogP contribution in [0.15, 0.2) is 30.3 Å². The Morgan fingerprint density at radius 3 is 2.56 bits per heavy atom. The number of rotatable bonds is 4. The van der Waals surface area contributed by atoms with Gasteiger partial charge >= 0.3 is 6.03 Å². The fourth-order valence-electron chi connectivity index (χ4n) is 4.91. The fraction of sp³-hybridized carbons (Fsp3) is 0.571. The van der Waals surface area contributed by atoms with Gasteiger partial charge in [-0.3, -0.25) is 14.5 Å². The van der Waals surface area contributed by atoms with E-state index in [1.165, 1.54) is 0 Å². The maximum absolute atomic E-state index is 13.1. The van der Waals surface area contributed by atoms with Gasteiger partial charge in [0.15, 0.2) is 0 Å². The van der Waals surface area contributed by atoms with Crippen molar-refractivity contribution in [2.24, 2.45) is 11.3 Å². The third-order valence-electron chi connectivity index (χ3n) is 5.60. The van der Waals surface area contributed by atoms with Gasteiger partial charge in [-0.2, -0.15) is 0 Å². The molecule has 3 rings (SSSR count). The van der Waals surface area contributed by atoms with Crippen LogP contribution in [-0.4, -0.2) is 34.8 Å². The Bertz CT molecular complexity index is 746. The van der Waals surface area contributed by atoms with Crippen LogP contribution in [0.3, 0.4) is 0 Å². The van der Waals surface area contributed by atoms with E-state index < -0.39 is 11.6 Å². The fourth-order valence-corrected chi connectivity index (χ4v) is 4.91. The Hall–Kier alpha value is -2.37. The van der Waals surface area contributed by atoms with Crippen molar-refractivity contribution in [3.05, 3.63) is 35.9 Å². The van der Waals surface area contributed by atoms with E-state index in [0.29, 0.717) is 18.8 Å². The number of urea groups is 1. The van der Waals surface area contributed by atoms with Crippen molar-refractivity contribution < 1.29 is 14.4 Å². The molecule has 1 aromatic carbocycles. The lowest BCUT2D eigenvalue weighted by molar-refractivity contribution is -0.137. The Balaban J connectivity index is 1.68. The Morgan fingerprint density at radius 2 is 1.93 bits per heavy atom. The summed E-state index contributed by atoms with van der Waals surface area (Å²) in [5.74, 6) is -0.269. The molecule has 146 valence electrons. The SMILES string of the molecule is C[C@@H]1CC(C)(C)C[C@@]2(C1)NC(=O)N(CC(=O)N[C@H](C)c1ccccc1)C2=O. The molecule has 1 saturated heterocycles. The molecule has 6 nitrogen and oxygen atoms in total. The molecule has 0 bridgehead atoms. The number of hydrogen-bond acceptors (Lipinski definition) is 3. The highest BCUT2D eigenvalue weighted by Crippen LogP contribution is 2.46. The van der Waals surface area contributed by atoms with E-state index in [1.54, 1.807) is 0 Å². The Kier molecular flexibility index (Phi) is 5.02. The maximum Gasteiger partial charge on any atom is 0.325 e. The van der Waals surface area contributed by atoms with Crippen molar-refractivity contribution in [1.82, 2.24) is 15.5 Å². The molecular weight excluding hydrogens is 342 g/mol. The molecule has 2 aliphatic rings. The third-order valence-corrected chi connectivity index (χ3v) is 5.60. The average Bonchev–Trinajstić information content (AvgIpc) is 2.77. The lowest BCUT2D eigenvalue weighted by atomic mass is 9.64. The first kappa shape index (κ1) is 19.4. The summed E-state index contributed by atoms with van der Waals surface area (Å²) in [6, 6.07) is 8.93. The van der Waals surface area contributed by atoms with E-state index in [4.69, 9.17) is 0 Å². The number of amides is 4. The normalized spacial score (nSPS) is 28.1. The zero-order valence-corrected chi connectivity index (χ0v) is 16.5. The van der Waals surface area contributed by atoms with Crippen molar-refractivity contribution in [1.29, 1.82) is 0 Å². The van der Waals surface area contributed by atoms with Crippen LogP contribution in [0.5, 0.6) is 0 Å². The predicted molar refractivity (Wildman–Crippen MR) is 103 cm³/mol. The minimum absolute atomic E-state index is 0.0271. The first-order valence-corrected chi connectivity index (χ1v) is 9.60. The highest BCUT2D eigenvalue weighted by atomic mass is 16.2. The molecule has 1 spiro atoms. The third kappa shape index (κ3) is 3.99. The number of carbonyl (C=O) groups excluding carboxylic acids is 3. The number of hydrogen-bond donors (Lipinski definition) is 2. The molecule has 1 aliphatic heterocycles. The number of benzene rings is 1. The molecule has 0 unspecified atom stereocenters. The van der Waals surface area contributed by atoms with Crippen molar-refractivity contribution in [2.45, 2.75) is 58.5 Å². The summed E-state index contributed by atoms with van der Waals surface area (Å²) >= 11 is 0. The summed E-state index contributed by atoms with van der Waals surface area (Å²) in [7, 11) is 0. The predicted octanol–water partition coefficient (Wildman–Crippen LogP) is 3.00. The molecule has 27 heavy (non-hydrogen) atoms. The summed E-state index contributed by atoms with van der Waals surface area (Å²) in [6.07, 6.45) is 2.25. The van der Waals surface area contributed by atoms with E-state index in [-0.39, 0.29) is 29.8 Å². The molecule has 0 aromatic heterocycles. The second-order valence-corrected chi connectivity index (χ2v) is 8.96. The summed E-state index contributed by atoms with van der Waals surface area (Å²) in [5.41, 5.74) is 0.0759.